The molecule has 4 nitrogen and oxygen atoms in total. The Kier molecular flexibility index (Phi) is 4.24. The van der Waals surface area contributed by atoms with E-state index >= 15 is 0 Å². The molecule has 18 heavy (non-hydrogen) atoms. The Bertz CT molecular complexity index is 446. The summed E-state index contributed by atoms with van der Waals surface area (Å²) in [5, 5.41) is 10.0. The number of aliphatic hydroxyl groups excluding tert-OH is 1. The van der Waals surface area contributed by atoms with Crippen LogP contribution in [-0.4, -0.2) is 36.1 Å². The molecule has 1 aliphatic heterocycles. The van der Waals surface area contributed by atoms with Gasteiger partial charge in [0.1, 0.15) is 5.75 Å². The molecule has 1 heterocycles. The zero-order valence-corrected chi connectivity index (χ0v) is 11.8. The second-order valence-corrected chi connectivity index (χ2v) is 5.18. The third kappa shape index (κ3) is 3.23. The van der Waals surface area contributed by atoms with Gasteiger partial charge in [0.25, 0.3) is 0 Å². The minimum absolute atomic E-state index is 0.127. The number of hydrogen-bond donors (Lipinski definition) is 1. The van der Waals surface area contributed by atoms with Crippen LogP contribution in [0, 0.1) is 0 Å². The average molecular weight is 314 g/mol. The second-order valence-electron chi connectivity index (χ2n) is 4.33. The number of halogens is 1. The minimum Gasteiger partial charge on any atom is -0.496 e. The van der Waals surface area contributed by atoms with Gasteiger partial charge in [-0.2, -0.15) is 0 Å². The molecule has 2 rings (SSSR count). The molecule has 1 aliphatic rings. The van der Waals surface area contributed by atoms with Crippen LogP contribution in [0.1, 0.15) is 24.5 Å². The molecule has 0 saturated carbocycles. The number of nitrogens with zero attached hydrogens (tertiary/aromatic N) is 1. The number of carbonyl (C=O) groups excluding carboxylic acids is 1. The maximum absolute atomic E-state index is 11.5. The minimum atomic E-state index is -0.615. The molecule has 98 valence electrons. The van der Waals surface area contributed by atoms with Crippen LogP contribution in [0.4, 0.5) is 0 Å². The van der Waals surface area contributed by atoms with Crippen LogP contribution in [0.25, 0.3) is 0 Å². The molecule has 1 amide bonds. The fourth-order valence-corrected chi connectivity index (χ4v) is 2.33. The van der Waals surface area contributed by atoms with Gasteiger partial charge in [0.15, 0.2) is 0 Å². The number of amides is 1. The largest absolute Gasteiger partial charge is 0.496 e. The summed E-state index contributed by atoms with van der Waals surface area (Å²) < 4.78 is 5.93. The van der Waals surface area contributed by atoms with E-state index in [0.29, 0.717) is 12.8 Å². The Labute approximate surface area is 115 Å². The van der Waals surface area contributed by atoms with Crippen LogP contribution < -0.4 is 4.74 Å². The normalized spacial score (nSPS) is 15.4. The standard InChI is InChI=1S/C13H16BrNO3/c1-18-12-4-2-9(8-10(12)14)11(16)3-5-13(17)15-6-7-15/h2,4,8,11,16H,3,5-7H2,1H3. The molecule has 5 heteroatoms. The first kappa shape index (κ1) is 13.4. The van der Waals surface area contributed by atoms with Gasteiger partial charge >= 0.3 is 0 Å². The van der Waals surface area contributed by atoms with Crippen LogP contribution in [0.15, 0.2) is 22.7 Å². The average Bonchev–Trinajstić information content (AvgIpc) is 3.19. The topological polar surface area (TPSA) is 49.5 Å². The predicted molar refractivity (Wildman–Crippen MR) is 71.5 cm³/mol. The fraction of sp³-hybridized carbons (Fsp3) is 0.462. The molecule has 0 bridgehead atoms. The highest BCUT2D eigenvalue weighted by Crippen LogP contribution is 2.29. The summed E-state index contributed by atoms with van der Waals surface area (Å²) in [6, 6.07) is 5.44. The van der Waals surface area contributed by atoms with Gasteiger partial charge in [0.2, 0.25) is 5.91 Å². The summed E-state index contributed by atoms with van der Waals surface area (Å²) in [7, 11) is 1.60. The van der Waals surface area contributed by atoms with Crippen LogP contribution in [0.2, 0.25) is 0 Å². The molecular formula is C13H16BrNO3. The first-order chi connectivity index (χ1) is 8.61. The van der Waals surface area contributed by atoms with Gasteiger partial charge in [-0.25, -0.2) is 0 Å². The van der Waals surface area contributed by atoms with E-state index in [0.717, 1.165) is 28.9 Å². The van der Waals surface area contributed by atoms with Gasteiger partial charge in [-0.05, 0) is 40.0 Å². The first-order valence-corrected chi connectivity index (χ1v) is 6.70. The lowest BCUT2D eigenvalue weighted by Crippen LogP contribution is -2.11. The van der Waals surface area contributed by atoms with Crippen molar-refractivity contribution in [1.82, 2.24) is 4.90 Å². The highest BCUT2D eigenvalue weighted by Gasteiger charge is 2.24. The summed E-state index contributed by atoms with van der Waals surface area (Å²) in [6.45, 7) is 1.73. The van der Waals surface area contributed by atoms with Crippen molar-refractivity contribution in [2.24, 2.45) is 0 Å². The van der Waals surface area contributed by atoms with E-state index < -0.39 is 6.10 Å². The highest BCUT2D eigenvalue weighted by molar-refractivity contribution is 9.10. The van der Waals surface area contributed by atoms with Crippen molar-refractivity contribution in [1.29, 1.82) is 0 Å². The van der Waals surface area contributed by atoms with E-state index in [9.17, 15) is 9.90 Å². The number of aliphatic hydroxyl groups is 1. The maximum atomic E-state index is 11.5. The zero-order valence-electron chi connectivity index (χ0n) is 10.2. The first-order valence-electron chi connectivity index (χ1n) is 5.91. The van der Waals surface area contributed by atoms with E-state index in [1.165, 1.54) is 0 Å². The Hall–Kier alpha value is -1.07. The number of benzene rings is 1. The molecule has 1 fully saturated rings. The summed E-state index contributed by atoms with van der Waals surface area (Å²) in [4.78, 5) is 13.3. The van der Waals surface area contributed by atoms with Gasteiger partial charge in [0, 0.05) is 19.5 Å². The highest BCUT2D eigenvalue weighted by atomic mass is 79.9. The van der Waals surface area contributed by atoms with Crippen molar-refractivity contribution in [2.75, 3.05) is 20.2 Å². The van der Waals surface area contributed by atoms with Gasteiger partial charge < -0.3 is 14.7 Å². The molecule has 1 N–H and O–H groups in total. The maximum Gasteiger partial charge on any atom is 0.222 e. The fourth-order valence-electron chi connectivity index (χ4n) is 1.77. The van der Waals surface area contributed by atoms with Crippen molar-refractivity contribution < 1.29 is 14.6 Å². The van der Waals surface area contributed by atoms with Crippen LogP contribution in [0.5, 0.6) is 5.75 Å². The summed E-state index contributed by atoms with van der Waals surface area (Å²) in [5.41, 5.74) is 0.793. The molecule has 0 spiro atoms. The van der Waals surface area contributed by atoms with Crippen molar-refractivity contribution >= 4 is 21.8 Å². The van der Waals surface area contributed by atoms with Gasteiger partial charge in [-0.3, -0.25) is 4.79 Å². The molecule has 0 radical (unpaired) electrons. The van der Waals surface area contributed by atoms with Gasteiger partial charge in [0.05, 0.1) is 17.7 Å². The Balaban J connectivity index is 1.93. The van der Waals surface area contributed by atoms with Gasteiger partial charge in [-0.1, -0.05) is 6.07 Å². The van der Waals surface area contributed by atoms with Crippen molar-refractivity contribution in [3.8, 4) is 5.75 Å². The third-order valence-electron chi connectivity index (χ3n) is 2.99. The van der Waals surface area contributed by atoms with E-state index in [1.54, 1.807) is 18.1 Å². The van der Waals surface area contributed by atoms with E-state index in [4.69, 9.17) is 4.74 Å². The smallest absolute Gasteiger partial charge is 0.222 e. The molecule has 0 aromatic heterocycles. The quantitative estimate of drug-likeness (QED) is 0.847. The zero-order chi connectivity index (χ0) is 13.1. The number of rotatable bonds is 5. The molecule has 1 aromatic carbocycles. The van der Waals surface area contributed by atoms with E-state index in [-0.39, 0.29) is 5.91 Å². The van der Waals surface area contributed by atoms with Crippen molar-refractivity contribution in [3.63, 3.8) is 0 Å². The lowest BCUT2D eigenvalue weighted by atomic mass is 10.0. The molecule has 1 aromatic rings. The van der Waals surface area contributed by atoms with Gasteiger partial charge in [-0.15, -0.1) is 0 Å². The van der Waals surface area contributed by atoms with Crippen molar-refractivity contribution in [3.05, 3.63) is 28.2 Å². The number of carbonyl (C=O) groups is 1. The molecule has 0 aliphatic carbocycles. The Morgan fingerprint density at radius 3 is 2.83 bits per heavy atom. The van der Waals surface area contributed by atoms with Crippen LogP contribution in [-0.2, 0) is 4.79 Å². The van der Waals surface area contributed by atoms with E-state index in [2.05, 4.69) is 15.9 Å². The lowest BCUT2D eigenvalue weighted by molar-refractivity contribution is -0.126. The SMILES string of the molecule is COc1ccc(C(O)CCC(=O)N2CC2)cc1Br. The van der Waals surface area contributed by atoms with E-state index in [1.807, 2.05) is 12.1 Å². The summed E-state index contributed by atoms with van der Waals surface area (Å²) in [6.07, 6.45) is 0.231. The van der Waals surface area contributed by atoms with Crippen LogP contribution in [0.3, 0.4) is 0 Å². The Morgan fingerprint density at radius 2 is 2.28 bits per heavy atom. The Morgan fingerprint density at radius 1 is 1.56 bits per heavy atom. The monoisotopic (exact) mass is 313 g/mol. The molecule has 1 saturated heterocycles. The second kappa shape index (κ2) is 5.71. The predicted octanol–water partition coefficient (Wildman–Crippen LogP) is 2.11. The number of methoxy groups -OCH3 is 1. The summed E-state index contributed by atoms with van der Waals surface area (Å²) >= 11 is 3.38. The molecule has 1 unspecified atom stereocenters. The number of hydrogen-bond acceptors (Lipinski definition) is 3. The molecular weight excluding hydrogens is 298 g/mol. The summed E-state index contributed by atoms with van der Waals surface area (Å²) in [5.74, 6) is 0.854. The van der Waals surface area contributed by atoms with Crippen molar-refractivity contribution in [2.45, 2.75) is 18.9 Å². The van der Waals surface area contributed by atoms with Crippen LogP contribution >= 0.6 is 15.9 Å². The number of ether oxygens (including phenoxy) is 1. The third-order valence-corrected chi connectivity index (χ3v) is 3.61. The lowest BCUT2D eigenvalue weighted by Gasteiger charge is -2.12. The molecule has 1 atom stereocenters.